The van der Waals surface area contributed by atoms with Crippen LogP contribution in [0.5, 0.6) is 0 Å². The van der Waals surface area contributed by atoms with E-state index in [9.17, 15) is 0 Å². The second-order valence-corrected chi connectivity index (χ2v) is 6.38. The van der Waals surface area contributed by atoms with Crippen molar-refractivity contribution in [2.24, 2.45) is 15.9 Å². The molecule has 0 saturated heterocycles. The van der Waals surface area contributed by atoms with E-state index in [4.69, 9.17) is 17.4 Å². The average molecular weight is 387 g/mol. The number of guanidine groups is 1. The molecule has 0 heterocycles. The number of halogens is 2. The highest BCUT2D eigenvalue weighted by Gasteiger charge is 2.12. The van der Waals surface area contributed by atoms with Crippen LogP contribution in [0.1, 0.15) is 13.8 Å². The zero-order chi connectivity index (χ0) is 16.7. The Balaban J connectivity index is 3.00. The Labute approximate surface area is 145 Å². The summed E-state index contributed by atoms with van der Waals surface area (Å²) in [6.45, 7) is 7.62. The molecule has 1 aromatic carbocycles. The average Bonchev–Trinajstić information content (AvgIpc) is 2.50. The van der Waals surface area contributed by atoms with Gasteiger partial charge in [0.1, 0.15) is 5.84 Å². The molecule has 1 rings (SSSR count). The highest BCUT2D eigenvalue weighted by molar-refractivity contribution is 9.10. The Morgan fingerprint density at radius 2 is 2.18 bits per heavy atom. The summed E-state index contributed by atoms with van der Waals surface area (Å²) in [4.78, 5) is 6.29. The van der Waals surface area contributed by atoms with E-state index in [1.807, 2.05) is 50.1 Å². The van der Waals surface area contributed by atoms with Crippen molar-refractivity contribution in [3.05, 3.63) is 41.4 Å². The molecule has 22 heavy (non-hydrogen) atoms. The van der Waals surface area contributed by atoms with Gasteiger partial charge in [-0.25, -0.2) is 0 Å². The predicted molar refractivity (Wildman–Crippen MR) is 99.7 cm³/mol. The molecular weight excluding hydrogens is 366 g/mol. The summed E-state index contributed by atoms with van der Waals surface area (Å²) in [7, 11) is 1.89. The zero-order valence-electron chi connectivity index (χ0n) is 12.9. The largest absolute Gasteiger partial charge is 0.349 e. The molecule has 5 nitrogen and oxygen atoms in total. The Morgan fingerprint density at radius 1 is 1.50 bits per heavy atom. The van der Waals surface area contributed by atoms with E-state index in [1.54, 1.807) is 6.08 Å². The quantitative estimate of drug-likeness (QED) is 0.274. The van der Waals surface area contributed by atoms with E-state index in [2.05, 4.69) is 37.9 Å². The fraction of sp³-hybridized carbons (Fsp3) is 0.333. The van der Waals surface area contributed by atoms with Gasteiger partial charge in [0.25, 0.3) is 0 Å². The lowest BCUT2D eigenvalue weighted by molar-refractivity contribution is 0.644. The van der Waals surface area contributed by atoms with Crippen molar-refractivity contribution in [1.82, 2.24) is 5.32 Å². The predicted octanol–water partition coefficient (Wildman–Crippen LogP) is 3.30. The van der Waals surface area contributed by atoms with Gasteiger partial charge in [0.15, 0.2) is 0 Å². The number of nitrogens with one attached hydrogen (secondary N) is 1. The maximum Gasteiger partial charge on any atom is 0.241 e. The van der Waals surface area contributed by atoms with Crippen LogP contribution in [0.3, 0.4) is 0 Å². The van der Waals surface area contributed by atoms with Crippen LogP contribution in [0.25, 0.3) is 0 Å². The Hall–Kier alpha value is -1.53. The van der Waals surface area contributed by atoms with Crippen molar-refractivity contribution in [3.8, 4) is 0 Å². The highest BCUT2D eigenvalue weighted by Crippen LogP contribution is 2.19. The third-order valence-corrected chi connectivity index (χ3v) is 3.98. The van der Waals surface area contributed by atoms with E-state index >= 15 is 0 Å². The first-order valence-corrected chi connectivity index (χ1v) is 8.01. The maximum absolute atomic E-state index is 6.03. The highest BCUT2D eigenvalue weighted by atomic mass is 79.9. The standard InChI is InChI=1S/C15H21BrClN5/c1-5-14(20-15(21-18)19-11(3)10(2)17)22(4)13-8-6-7-12(16)9-13/h5-11H,1,18H2,2-4H3,(H,19,21)/b20-14+/t10?,11-/m0/s1. The van der Waals surface area contributed by atoms with E-state index in [1.165, 1.54) is 0 Å². The number of nitrogens with two attached hydrogens (primary N) is 1. The summed E-state index contributed by atoms with van der Waals surface area (Å²) in [6.07, 6.45) is 1.64. The number of hydrogen-bond acceptors (Lipinski definition) is 2. The summed E-state index contributed by atoms with van der Waals surface area (Å²) in [5.74, 6) is 6.32. The second-order valence-electron chi connectivity index (χ2n) is 4.78. The lowest BCUT2D eigenvalue weighted by Crippen LogP contribution is -2.38. The number of alkyl halides is 1. The van der Waals surface area contributed by atoms with Gasteiger partial charge in [0.2, 0.25) is 5.96 Å². The van der Waals surface area contributed by atoms with Gasteiger partial charge in [-0.3, -0.25) is 0 Å². The fourth-order valence-electron chi connectivity index (χ4n) is 1.60. The molecule has 0 aliphatic rings. The van der Waals surface area contributed by atoms with Crippen LogP contribution >= 0.6 is 27.5 Å². The minimum Gasteiger partial charge on any atom is -0.349 e. The van der Waals surface area contributed by atoms with Gasteiger partial charge in [-0.1, -0.05) is 28.6 Å². The van der Waals surface area contributed by atoms with Gasteiger partial charge in [-0.05, 0) is 38.1 Å². The Morgan fingerprint density at radius 3 is 2.68 bits per heavy atom. The van der Waals surface area contributed by atoms with E-state index in [0.717, 1.165) is 10.2 Å². The Bertz CT molecular complexity index is 571. The summed E-state index contributed by atoms with van der Waals surface area (Å²) in [5.41, 5.74) is 0.961. The van der Waals surface area contributed by atoms with Crippen molar-refractivity contribution in [3.63, 3.8) is 0 Å². The molecule has 0 saturated carbocycles. The van der Waals surface area contributed by atoms with Crippen molar-refractivity contribution in [2.75, 3.05) is 11.9 Å². The number of benzene rings is 1. The lowest BCUT2D eigenvalue weighted by Gasteiger charge is -2.21. The molecule has 120 valence electrons. The van der Waals surface area contributed by atoms with E-state index in [-0.39, 0.29) is 11.4 Å². The summed E-state index contributed by atoms with van der Waals surface area (Å²) >= 11 is 9.48. The molecule has 1 aromatic rings. The molecule has 0 aliphatic heterocycles. The smallest absolute Gasteiger partial charge is 0.241 e. The zero-order valence-corrected chi connectivity index (χ0v) is 15.3. The van der Waals surface area contributed by atoms with Gasteiger partial charge in [-0.2, -0.15) is 4.99 Å². The molecule has 0 aromatic heterocycles. The van der Waals surface area contributed by atoms with Crippen molar-refractivity contribution < 1.29 is 0 Å². The number of amidine groups is 1. The van der Waals surface area contributed by atoms with Crippen molar-refractivity contribution >= 4 is 45.0 Å². The monoisotopic (exact) mass is 385 g/mol. The molecule has 0 fully saturated rings. The Kier molecular flexibility index (Phi) is 7.41. The fourth-order valence-corrected chi connectivity index (χ4v) is 2.05. The number of nitrogens with zero attached hydrogens (tertiary/aromatic N) is 3. The van der Waals surface area contributed by atoms with Crippen molar-refractivity contribution in [1.29, 1.82) is 0 Å². The van der Waals surface area contributed by atoms with Crippen LogP contribution in [0.4, 0.5) is 5.69 Å². The van der Waals surface area contributed by atoms with Crippen LogP contribution in [0.15, 0.2) is 51.5 Å². The molecular formula is C15H21BrClN5. The third kappa shape index (κ3) is 5.35. The normalized spacial score (nSPS) is 15.1. The summed E-state index contributed by atoms with van der Waals surface area (Å²) in [5, 5.41) is 6.66. The number of aliphatic imine (C=N–C) groups is 1. The number of likely N-dealkylation sites (N-methyl/N-ethyl adjacent to an activating group) is 1. The first-order chi connectivity index (χ1) is 10.4. The number of rotatable bonds is 4. The van der Waals surface area contributed by atoms with E-state index < -0.39 is 0 Å². The molecule has 0 bridgehead atoms. The van der Waals surface area contributed by atoms with Crippen LogP contribution in [-0.4, -0.2) is 30.3 Å². The van der Waals surface area contributed by atoms with Crippen LogP contribution < -0.4 is 16.1 Å². The van der Waals surface area contributed by atoms with E-state index in [0.29, 0.717) is 11.8 Å². The number of hydrogen-bond donors (Lipinski definition) is 2. The second kappa shape index (κ2) is 8.80. The van der Waals surface area contributed by atoms with Gasteiger partial charge >= 0.3 is 0 Å². The minimum absolute atomic E-state index is 0.0186. The van der Waals surface area contributed by atoms with Gasteiger partial charge in [0, 0.05) is 23.2 Å². The van der Waals surface area contributed by atoms with Gasteiger partial charge < -0.3 is 16.1 Å². The molecule has 7 heteroatoms. The number of anilines is 1. The molecule has 0 aliphatic carbocycles. The molecule has 2 atom stereocenters. The molecule has 1 unspecified atom stereocenters. The van der Waals surface area contributed by atoms with Crippen LogP contribution in [0.2, 0.25) is 0 Å². The first kappa shape index (κ1) is 18.5. The molecule has 0 spiro atoms. The minimum atomic E-state index is -0.0815. The van der Waals surface area contributed by atoms with Crippen LogP contribution in [0, 0.1) is 0 Å². The summed E-state index contributed by atoms with van der Waals surface area (Å²) in [6, 6.07) is 7.84. The van der Waals surface area contributed by atoms with Gasteiger partial charge in [-0.15, -0.1) is 16.7 Å². The first-order valence-electron chi connectivity index (χ1n) is 6.78. The molecule has 0 radical (unpaired) electrons. The maximum atomic E-state index is 6.03. The summed E-state index contributed by atoms with van der Waals surface area (Å²) < 4.78 is 0.982. The topological polar surface area (TPSA) is 66.0 Å². The molecule has 3 N–H and O–H groups in total. The number of hydrazone groups is 1. The SMILES string of the molecule is C=C/C(=N\C(=N\N)N[C@@H](C)C(C)Cl)N(C)c1cccc(Br)c1. The van der Waals surface area contributed by atoms with Crippen LogP contribution in [-0.2, 0) is 0 Å². The van der Waals surface area contributed by atoms with Crippen molar-refractivity contribution in [2.45, 2.75) is 25.3 Å². The van der Waals surface area contributed by atoms with Gasteiger partial charge in [0.05, 0.1) is 5.38 Å². The third-order valence-electron chi connectivity index (χ3n) is 3.11. The lowest BCUT2D eigenvalue weighted by atomic mass is 10.2. The molecule has 0 amide bonds.